The van der Waals surface area contributed by atoms with E-state index >= 15 is 0 Å². The maximum atomic E-state index is 12.5. The van der Waals surface area contributed by atoms with Crippen molar-refractivity contribution in [2.45, 2.75) is 13.5 Å². The van der Waals surface area contributed by atoms with Gasteiger partial charge < -0.3 is 10.1 Å². The van der Waals surface area contributed by atoms with Gasteiger partial charge in [-0.05, 0) is 76.5 Å². The first kappa shape index (κ1) is 23.0. The van der Waals surface area contributed by atoms with Gasteiger partial charge in [-0.1, -0.05) is 30.3 Å². The number of ether oxygens (including phenoxy) is 1. The van der Waals surface area contributed by atoms with Crippen molar-refractivity contribution in [3.63, 3.8) is 0 Å². The van der Waals surface area contributed by atoms with Gasteiger partial charge in [0.15, 0.2) is 0 Å². The summed E-state index contributed by atoms with van der Waals surface area (Å²) in [4.78, 5) is 22.9. The van der Waals surface area contributed by atoms with Gasteiger partial charge in [0, 0.05) is 17.8 Å². The first-order chi connectivity index (χ1) is 15.4. The Hall–Kier alpha value is -3.71. The number of nitro groups is 1. The van der Waals surface area contributed by atoms with Crippen molar-refractivity contribution in [3.05, 3.63) is 103 Å². The van der Waals surface area contributed by atoms with Gasteiger partial charge in [0.25, 0.3) is 11.6 Å². The number of nitro benzene ring substituents is 1. The summed E-state index contributed by atoms with van der Waals surface area (Å²) in [7, 11) is 0. The fraction of sp³-hybridized carbons (Fsp3) is 0.0833. The van der Waals surface area contributed by atoms with Crippen molar-refractivity contribution in [1.29, 1.82) is 5.26 Å². The third-order valence-corrected chi connectivity index (χ3v) is 5.27. The van der Waals surface area contributed by atoms with Gasteiger partial charge in [0.05, 0.1) is 8.49 Å². The first-order valence-corrected chi connectivity index (χ1v) is 10.6. The highest BCUT2D eigenvalue weighted by Gasteiger charge is 2.11. The van der Waals surface area contributed by atoms with E-state index in [2.05, 4.69) is 27.9 Å². The topological polar surface area (TPSA) is 105 Å². The summed E-state index contributed by atoms with van der Waals surface area (Å²) in [5.41, 5.74) is 2.96. The normalized spacial score (nSPS) is 10.8. The monoisotopic (exact) mass is 539 g/mol. The third kappa shape index (κ3) is 6.15. The molecule has 0 bridgehead atoms. The van der Waals surface area contributed by atoms with Crippen LogP contribution in [-0.4, -0.2) is 10.8 Å². The lowest BCUT2D eigenvalue weighted by Gasteiger charge is -2.09. The molecule has 0 fully saturated rings. The molecule has 0 atom stereocenters. The molecule has 0 saturated carbocycles. The van der Waals surface area contributed by atoms with Crippen molar-refractivity contribution in [1.82, 2.24) is 0 Å². The second-order valence-electron chi connectivity index (χ2n) is 6.90. The second-order valence-corrected chi connectivity index (χ2v) is 8.06. The second kappa shape index (κ2) is 10.5. The number of carbonyl (C=O) groups excluding carboxylic acids is 1. The molecule has 7 nitrogen and oxygen atoms in total. The molecule has 0 spiro atoms. The molecule has 0 radical (unpaired) electrons. The van der Waals surface area contributed by atoms with Crippen molar-refractivity contribution >= 4 is 45.9 Å². The molecule has 32 heavy (non-hydrogen) atoms. The molecular weight excluding hydrogens is 521 g/mol. The Morgan fingerprint density at radius 3 is 2.66 bits per heavy atom. The number of anilines is 1. The molecule has 3 aromatic carbocycles. The minimum absolute atomic E-state index is 0.00857. The van der Waals surface area contributed by atoms with E-state index in [1.807, 2.05) is 31.2 Å². The van der Waals surface area contributed by atoms with Gasteiger partial charge in [0.2, 0.25) is 0 Å². The summed E-state index contributed by atoms with van der Waals surface area (Å²) in [6.45, 7) is 2.09. The van der Waals surface area contributed by atoms with E-state index in [-0.39, 0.29) is 17.9 Å². The smallest absolute Gasteiger partial charge is 0.269 e. The lowest BCUT2D eigenvalue weighted by Crippen LogP contribution is -2.13. The molecule has 0 unspecified atom stereocenters. The van der Waals surface area contributed by atoms with E-state index < -0.39 is 10.8 Å². The van der Waals surface area contributed by atoms with Crippen LogP contribution in [0.4, 0.5) is 11.4 Å². The Balaban J connectivity index is 1.71. The molecule has 0 aliphatic rings. The lowest BCUT2D eigenvalue weighted by atomic mass is 10.1. The molecule has 0 aliphatic heterocycles. The first-order valence-electron chi connectivity index (χ1n) is 9.51. The quantitative estimate of drug-likeness (QED) is 0.138. The van der Waals surface area contributed by atoms with Gasteiger partial charge >= 0.3 is 0 Å². The summed E-state index contributed by atoms with van der Waals surface area (Å²) in [5.74, 6) is 0.107. The zero-order valence-corrected chi connectivity index (χ0v) is 19.2. The van der Waals surface area contributed by atoms with Crippen LogP contribution in [0.5, 0.6) is 5.75 Å². The van der Waals surface area contributed by atoms with E-state index in [1.165, 1.54) is 18.2 Å². The van der Waals surface area contributed by atoms with Crippen LogP contribution >= 0.6 is 22.6 Å². The summed E-state index contributed by atoms with van der Waals surface area (Å²) in [5, 5.41) is 23.1. The molecule has 1 amide bonds. The number of hydrogen-bond donors (Lipinski definition) is 1. The number of benzene rings is 3. The van der Waals surface area contributed by atoms with Gasteiger partial charge in [-0.3, -0.25) is 14.9 Å². The van der Waals surface area contributed by atoms with Crippen LogP contribution in [0.2, 0.25) is 0 Å². The largest absolute Gasteiger partial charge is 0.488 e. The fourth-order valence-electron chi connectivity index (χ4n) is 2.88. The van der Waals surface area contributed by atoms with E-state index in [4.69, 9.17) is 4.74 Å². The Morgan fingerprint density at radius 1 is 1.19 bits per heavy atom. The number of nitriles is 1. The molecule has 3 aromatic rings. The van der Waals surface area contributed by atoms with Gasteiger partial charge in [-0.15, -0.1) is 0 Å². The van der Waals surface area contributed by atoms with E-state index in [0.29, 0.717) is 22.6 Å². The summed E-state index contributed by atoms with van der Waals surface area (Å²) in [6, 6.07) is 20.8. The molecule has 1 N–H and O–H groups in total. The predicted molar refractivity (Wildman–Crippen MR) is 130 cm³/mol. The van der Waals surface area contributed by atoms with Crippen LogP contribution in [0.15, 0.2) is 72.3 Å². The van der Waals surface area contributed by atoms with Gasteiger partial charge in [-0.25, -0.2) is 0 Å². The number of nitrogens with one attached hydrogen (secondary N) is 1. The zero-order chi connectivity index (χ0) is 23.1. The van der Waals surface area contributed by atoms with E-state index in [9.17, 15) is 20.2 Å². The number of halogens is 1. The molecular formula is C24H18IN3O4. The average Bonchev–Trinajstić information content (AvgIpc) is 2.77. The highest BCUT2D eigenvalue weighted by Crippen LogP contribution is 2.25. The minimum atomic E-state index is -0.487. The molecule has 160 valence electrons. The number of hydrogen-bond acceptors (Lipinski definition) is 5. The van der Waals surface area contributed by atoms with Gasteiger partial charge in [-0.2, -0.15) is 5.26 Å². The fourth-order valence-corrected chi connectivity index (χ4v) is 3.58. The molecule has 3 rings (SSSR count). The highest BCUT2D eigenvalue weighted by atomic mass is 127. The van der Waals surface area contributed by atoms with Crippen LogP contribution in [0.3, 0.4) is 0 Å². The van der Waals surface area contributed by atoms with Crippen molar-refractivity contribution in [3.8, 4) is 11.8 Å². The van der Waals surface area contributed by atoms with Crippen molar-refractivity contribution in [2.75, 3.05) is 5.32 Å². The SMILES string of the molecule is Cc1cccc(NC(=O)/C(C#N)=C\c2ccc(OCc3cccc([N+](=O)[O-])c3)c(I)c2)c1. The maximum absolute atomic E-state index is 12.5. The molecule has 0 saturated heterocycles. The summed E-state index contributed by atoms with van der Waals surface area (Å²) < 4.78 is 6.56. The number of non-ortho nitro benzene ring substituents is 1. The minimum Gasteiger partial charge on any atom is -0.488 e. The number of amides is 1. The Morgan fingerprint density at radius 2 is 1.97 bits per heavy atom. The molecule has 0 aromatic heterocycles. The van der Waals surface area contributed by atoms with Crippen LogP contribution < -0.4 is 10.1 Å². The zero-order valence-electron chi connectivity index (χ0n) is 17.0. The van der Waals surface area contributed by atoms with Crippen molar-refractivity contribution in [2.24, 2.45) is 0 Å². The Bertz CT molecular complexity index is 1250. The number of carbonyl (C=O) groups is 1. The maximum Gasteiger partial charge on any atom is 0.269 e. The Kier molecular flexibility index (Phi) is 7.57. The van der Waals surface area contributed by atoms with Crippen LogP contribution in [0.1, 0.15) is 16.7 Å². The molecule has 8 heteroatoms. The number of rotatable bonds is 7. The van der Waals surface area contributed by atoms with Crippen LogP contribution in [0, 0.1) is 31.9 Å². The third-order valence-electron chi connectivity index (χ3n) is 4.42. The van der Waals surface area contributed by atoms with Crippen molar-refractivity contribution < 1.29 is 14.5 Å². The lowest BCUT2D eigenvalue weighted by molar-refractivity contribution is -0.384. The standard InChI is InChI=1S/C24H18IN3O4/c1-16-4-2-6-20(10-16)27-24(29)19(14-26)11-17-8-9-23(22(25)13-17)32-15-18-5-3-7-21(12-18)28(30)31/h2-13H,15H2,1H3,(H,27,29)/b19-11-. The van der Waals surface area contributed by atoms with Crippen LogP contribution in [0.25, 0.3) is 6.08 Å². The van der Waals surface area contributed by atoms with Crippen LogP contribution in [-0.2, 0) is 11.4 Å². The van der Waals surface area contributed by atoms with Gasteiger partial charge in [0.1, 0.15) is 24.0 Å². The summed E-state index contributed by atoms with van der Waals surface area (Å²) >= 11 is 2.10. The number of aryl methyl sites for hydroxylation is 1. The molecule has 0 aliphatic carbocycles. The average molecular weight is 539 g/mol. The van der Waals surface area contributed by atoms with E-state index in [1.54, 1.807) is 36.4 Å². The Labute approximate surface area is 198 Å². The molecule has 0 heterocycles. The summed E-state index contributed by atoms with van der Waals surface area (Å²) in [6.07, 6.45) is 1.51. The van der Waals surface area contributed by atoms with E-state index in [0.717, 1.165) is 9.13 Å². The highest BCUT2D eigenvalue weighted by molar-refractivity contribution is 14.1. The number of nitrogens with zero attached hydrogens (tertiary/aromatic N) is 2. The predicted octanol–water partition coefficient (Wildman–Crippen LogP) is 5.63.